The van der Waals surface area contributed by atoms with Gasteiger partial charge in [-0.1, -0.05) is 29.3 Å². The zero-order valence-electron chi connectivity index (χ0n) is 8.17. The molecule has 4 heteroatoms. The molecule has 0 saturated carbocycles. The summed E-state index contributed by atoms with van der Waals surface area (Å²) in [6.07, 6.45) is 1.48. The zero-order chi connectivity index (χ0) is 10.8. The average molecular weight is 244 g/mol. The van der Waals surface area contributed by atoms with Gasteiger partial charge in [-0.15, -0.1) is 0 Å². The summed E-state index contributed by atoms with van der Waals surface area (Å²) in [5.74, 6) is 0.144. The lowest BCUT2D eigenvalue weighted by Gasteiger charge is -2.31. The van der Waals surface area contributed by atoms with Crippen LogP contribution < -0.4 is 0 Å². The second kappa shape index (κ2) is 4.42. The van der Waals surface area contributed by atoms with Crippen LogP contribution in [0, 0.1) is 0 Å². The van der Waals surface area contributed by atoms with Crippen LogP contribution in [0.25, 0.3) is 0 Å². The van der Waals surface area contributed by atoms with Gasteiger partial charge in [0.15, 0.2) is 0 Å². The van der Waals surface area contributed by atoms with E-state index in [0.29, 0.717) is 16.5 Å². The summed E-state index contributed by atoms with van der Waals surface area (Å²) in [4.78, 5) is 13.5. The number of carbonyl (C=O) groups is 1. The molecule has 0 unspecified atom stereocenters. The Kier molecular flexibility index (Phi) is 3.17. The average Bonchev–Trinajstić information content (AvgIpc) is 2.07. The molecule has 0 radical (unpaired) electrons. The molecule has 2 rings (SSSR count). The van der Waals surface area contributed by atoms with Crippen molar-refractivity contribution in [2.75, 3.05) is 13.1 Å². The minimum absolute atomic E-state index is 0.144. The Balaban J connectivity index is 2.06. The summed E-state index contributed by atoms with van der Waals surface area (Å²) < 4.78 is 0. The third-order valence-electron chi connectivity index (χ3n) is 2.57. The van der Waals surface area contributed by atoms with Gasteiger partial charge in [-0.3, -0.25) is 4.79 Å². The van der Waals surface area contributed by atoms with Crippen molar-refractivity contribution < 1.29 is 4.79 Å². The molecule has 1 saturated heterocycles. The number of halogens is 2. The second-order valence-electron chi connectivity index (χ2n) is 3.65. The van der Waals surface area contributed by atoms with Crippen molar-refractivity contribution in [2.24, 2.45) is 0 Å². The molecule has 1 aliphatic rings. The lowest BCUT2D eigenvalue weighted by Crippen LogP contribution is -2.42. The summed E-state index contributed by atoms with van der Waals surface area (Å²) in [7, 11) is 0. The minimum atomic E-state index is 0.144. The molecule has 80 valence electrons. The summed E-state index contributed by atoms with van der Waals surface area (Å²) in [5.41, 5.74) is 0.845. The fourth-order valence-corrected chi connectivity index (χ4v) is 1.98. The third kappa shape index (κ3) is 2.44. The van der Waals surface area contributed by atoms with Crippen LogP contribution in [0.1, 0.15) is 12.0 Å². The van der Waals surface area contributed by atoms with Crippen molar-refractivity contribution in [1.29, 1.82) is 0 Å². The van der Waals surface area contributed by atoms with Crippen LogP contribution in [0.4, 0.5) is 0 Å². The molecule has 1 aromatic carbocycles. The maximum absolute atomic E-state index is 11.7. The molecule has 1 fully saturated rings. The highest BCUT2D eigenvalue weighted by atomic mass is 35.5. The number of benzene rings is 1. The Bertz CT molecular complexity index is 388. The van der Waals surface area contributed by atoms with Crippen molar-refractivity contribution in [2.45, 2.75) is 12.8 Å². The van der Waals surface area contributed by atoms with Crippen molar-refractivity contribution in [3.8, 4) is 0 Å². The van der Waals surface area contributed by atoms with Gasteiger partial charge in [0, 0.05) is 23.1 Å². The van der Waals surface area contributed by atoms with Crippen LogP contribution in [-0.2, 0) is 11.2 Å². The van der Waals surface area contributed by atoms with Crippen molar-refractivity contribution in [3.05, 3.63) is 33.8 Å². The van der Waals surface area contributed by atoms with Gasteiger partial charge in [-0.05, 0) is 24.1 Å². The van der Waals surface area contributed by atoms with E-state index < -0.39 is 0 Å². The van der Waals surface area contributed by atoms with E-state index in [4.69, 9.17) is 23.2 Å². The largest absolute Gasteiger partial charge is 0.342 e. The Morgan fingerprint density at radius 1 is 1.33 bits per heavy atom. The highest BCUT2D eigenvalue weighted by Gasteiger charge is 2.20. The molecule has 2 nitrogen and oxygen atoms in total. The van der Waals surface area contributed by atoms with E-state index in [0.717, 1.165) is 25.1 Å². The van der Waals surface area contributed by atoms with E-state index in [2.05, 4.69) is 0 Å². The number of nitrogens with zero attached hydrogens (tertiary/aromatic N) is 1. The maximum Gasteiger partial charge on any atom is 0.227 e. The first-order valence-electron chi connectivity index (χ1n) is 4.88. The fourth-order valence-electron chi connectivity index (χ4n) is 1.51. The SMILES string of the molecule is O=C(Cc1ccc(Cl)cc1Cl)N1CCC1. The zero-order valence-corrected chi connectivity index (χ0v) is 9.68. The lowest BCUT2D eigenvalue weighted by molar-refractivity contribution is -0.133. The molecule has 0 spiro atoms. The first-order valence-corrected chi connectivity index (χ1v) is 5.64. The fraction of sp³-hybridized carbons (Fsp3) is 0.364. The summed E-state index contributed by atoms with van der Waals surface area (Å²) in [6, 6.07) is 5.23. The van der Waals surface area contributed by atoms with Crippen molar-refractivity contribution >= 4 is 29.1 Å². The number of hydrogen-bond acceptors (Lipinski definition) is 1. The number of likely N-dealkylation sites (tertiary alicyclic amines) is 1. The monoisotopic (exact) mass is 243 g/mol. The Labute approximate surface area is 98.8 Å². The predicted octanol–water partition coefficient (Wildman–Crippen LogP) is 2.77. The Hall–Kier alpha value is -0.730. The third-order valence-corrected chi connectivity index (χ3v) is 3.15. The Morgan fingerprint density at radius 3 is 2.60 bits per heavy atom. The standard InChI is InChI=1S/C11H11Cl2NO/c12-9-3-2-8(10(13)7-9)6-11(15)14-4-1-5-14/h2-3,7H,1,4-6H2. The van der Waals surface area contributed by atoms with E-state index in [9.17, 15) is 4.79 Å². The minimum Gasteiger partial charge on any atom is -0.342 e. The summed E-state index contributed by atoms with van der Waals surface area (Å²) in [6.45, 7) is 1.76. The van der Waals surface area contributed by atoms with Crippen LogP contribution in [0.5, 0.6) is 0 Å². The normalized spacial score (nSPS) is 14.9. The van der Waals surface area contributed by atoms with Crippen LogP contribution in [-0.4, -0.2) is 23.9 Å². The highest BCUT2D eigenvalue weighted by Crippen LogP contribution is 2.22. The van der Waals surface area contributed by atoms with Crippen LogP contribution in [0.2, 0.25) is 10.0 Å². The Morgan fingerprint density at radius 2 is 2.07 bits per heavy atom. The van der Waals surface area contributed by atoms with Crippen molar-refractivity contribution in [1.82, 2.24) is 4.90 Å². The molecule has 0 atom stereocenters. The summed E-state index contributed by atoms with van der Waals surface area (Å²) >= 11 is 11.8. The first kappa shape index (κ1) is 10.8. The highest BCUT2D eigenvalue weighted by molar-refractivity contribution is 6.35. The van der Waals surface area contributed by atoms with E-state index in [1.807, 2.05) is 11.0 Å². The molecular weight excluding hydrogens is 233 g/mol. The number of amides is 1. The lowest BCUT2D eigenvalue weighted by atomic mass is 10.1. The van der Waals surface area contributed by atoms with Crippen molar-refractivity contribution in [3.63, 3.8) is 0 Å². The molecule has 1 aliphatic heterocycles. The molecule has 0 N–H and O–H groups in total. The van der Waals surface area contributed by atoms with Gasteiger partial charge in [-0.2, -0.15) is 0 Å². The van der Waals surface area contributed by atoms with E-state index in [-0.39, 0.29) is 5.91 Å². The van der Waals surface area contributed by atoms with E-state index in [1.165, 1.54) is 0 Å². The van der Waals surface area contributed by atoms with Gasteiger partial charge in [0.1, 0.15) is 0 Å². The predicted molar refractivity (Wildman–Crippen MR) is 61.4 cm³/mol. The molecule has 0 aromatic heterocycles. The van der Waals surface area contributed by atoms with E-state index in [1.54, 1.807) is 12.1 Å². The van der Waals surface area contributed by atoms with Gasteiger partial charge < -0.3 is 4.90 Å². The van der Waals surface area contributed by atoms with Crippen LogP contribution >= 0.6 is 23.2 Å². The van der Waals surface area contributed by atoms with Gasteiger partial charge in [0.2, 0.25) is 5.91 Å². The molecule has 1 amide bonds. The number of carbonyl (C=O) groups excluding carboxylic acids is 1. The molecular formula is C11H11Cl2NO. The molecule has 1 heterocycles. The molecule has 1 aromatic rings. The van der Waals surface area contributed by atoms with Gasteiger partial charge >= 0.3 is 0 Å². The van der Waals surface area contributed by atoms with Crippen LogP contribution in [0.15, 0.2) is 18.2 Å². The smallest absolute Gasteiger partial charge is 0.227 e. The van der Waals surface area contributed by atoms with Crippen LogP contribution in [0.3, 0.4) is 0 Å². The van der Waals surface area contributed by atoms with Gasteiger partial charge in [-0.25, -0.2) is 0 Å². The first-order chi connectivity index (χ1) is 7.16. The number of rotatable bonds is 2. The quantitative estimate of drug-likeness (QED) is 0.783. The number of hydrogen-bond donors (Lipinski definition) is 0. The molecule has 15 heavy (non-hydrogen) atoms. The molecule has 0 bridgehead atoms. The van der Waals surface area contributed by atoms with Gasteiger partial charge in [0.25, 0.3) is 0 Å². The molecule has 0 aliphatic carbocycles. The van der Waals surface area contributed by atoms with Gasteiger partial charge in [0.05, 0.1) is 6.42 Å². The van der Waals surface area contributed by atoms with E-state index >= 15 is 0 Å². The topological polar surface area (TPSA) is 20.3 Å². The second-order valence-corrected chi connectivity index (χ2v) is 4.49. The maximum atomic E-state index is 11.7. The summed E-state index contributed by atoms with van der Waals surface area (Å²) in [5, 5.41) is 1.16.